The van der Waals surface area contributed by atoms with Crippen molar-refractivity contribution in [2.24, 2.45) is 0 Å². The van der Waals surface area contributed by atoms with Crippen LogP contribution in [0.4, 0.5) is 0 Å². The van der Waals surface area contributed by atoms with Gasteiger partial charge in [0.2, 0.25) is 10.9 Å². The number of aryl methyl sites for hydroxylation is 1. The third-order valence-electron chi connectivity index (χ3n) is 3.08. The van der Waals surface area contributed by atoms with Crippen LogP contribution in [0.3, 0.4) is 0 Å². The van der Waals surface area contributed by atoms with Crippen LogP contribution in [0.15, 0.2) is 0 Å². The van der Waals surface area contributed by atoms with Gasteiger partial charge in [0.05, 0.1) is 6.54 Å². The monoisotopic (exact) mass is 339 g/mol. The van der Waals surface area contributed by atoms with Crippen LogP contribution in [-0.2, 0) is 9.59 Å². The molecule has 2 aromatic rings. The molecular formula is C13H17N5O4S. The van der Waals surface area contributed by atoms with E-state index in [1.807, 2.05) is 18.2 Å². The van der Waals surface area contributed by atoms with E-state index in [4.69, 9.17) is 5.11 Å². The zero-order chi connectivity index (χ0) is 17.1. The van der Waals surface area contributed by atoms with Crippen molar-refractivity contribution in [2.75, 3.05) is 13.1 Å². The van der Waals surface area contributed by atoms with Gasteiger partial charge in [-0.1, -0.05) is 25.2 Å². The van der Waals surface area contributed by atoms with E-state index in [0.717, 1.165) is 5.82 Å². The smallest absolute Gasteiger partial charge is 0.322 e. The number of nitrogens with zero attached hydrogens (tertiary/aromatic N) is 3. The highest BCUT2D eigenvalue weighted by Crippen LogP contribution is 2.25. The van der Waals surface area contributed by atoms with Crippen LogP contribution in [0.1, 0.15) is 41.0 Å². The van der Waals surface area contributed by atoms with Gasteiger partial charge in [0.1, 0.15) is 17.2 Å². The molecule has 3 N–H and O–H groups in total. The van der Waals surface area contributed by atoms with E-state index < -0.39 is 24.3 Å². The number of nitrogens with one attached hydrogen (secondary N) is 2. The number of carbonyl (C=O) groups excluding carboxylic acids is 2. The minimum absolute atomic E-state index is 0.163. The Morgan fingerprint density at radius 1 is 1.22 bits per heavy atom. The van der Waals surface area contributed by atoms with Gasteiger partial charge in [0.25, 0.3) is 5.91 Å². The number of amides is 2. The first-order valence-corrected chi connectivity index (χ1v) is 7.74. The molecule has 0 atom stereocenters. The summed E-state index contributed by atoms with van der Waals surface area (Å²) < 4.78 is 1.83. The molecule has 124 valence electrons. The number of hydrogen-bond acceptors (Lipinski definition) is 6. The van der Waals surface area contributed by atoms with E-state index in [0.29, 0.717) is 15.5 Å². The SMILES string of the molecule is Cc1c(C(=O)NCC(=O)NCC(=O)O)sc2nnc(C(C)C)n12. The number of aliphatic carboxylic acids is 1. The Morgan fingerprint density at radius 3 is 2.52 bits per heavy atom. The summed E-state index contributed by atoms with van der Waals surface area (Å²) >= 11 is 1.19. The largest absolute Gasteiger partial charge is 0.480 e. The van der Waals surface area contributed by atoms with E-state index >= 15 is 0 Å². The van der Waals surface area contributed by atoms with E-state index in [-0.39, 0.29) is 12.5 Å². The molecule has 0 saturated heterocycles. The molecule has 0 aliphatic carbocycles. The molecular weight excluding hydrogens is 322 g/mol. The lowest BCUT2D eigenvalue weighted by atomic mass is 10.2. The minimum atomic E-state index is -1.14. The first-order valence-electron chi connectivity index (χ1n) is 6.92. The standard InChI is InChI=1S/C13H17N5O4S/c1-6(2)11-16-17-13-18(11)7(3)10(23-13)12(22)15-4-8(19)14-5-9(20)21/h6H,4-5H2,1-3H3,(H,14,19)(H,15,22)(H,20,21). The summed E-state index contributed by atoms with van der Waals surface area (Å²) in [4.78, 5) is 35.0. The Hall–Kier alpha value is -2.49. The molecule has 10 heteroatoms. The van der Waals surface area contributed by atoms with Gasteiger partial charge in [0, 0.05) is 11.6 Å². The number of rotatable bonds is 6. The summed E-state index contributed by atoms with van der Waals surface area (Å²) in [5.74, 6) is -1.18. The van der Waals surface area contributed by atoms with Crippen LogP contribution in [0.5, 0.6) is 0 Å². The van der Waals surface area contributed by atoms with Gasteiger partial charge in [-0.15, -0.1) is 10.2 Å². The second-order valence-corrected chi connectivity index (χ2v) is 6.18. The van der Waals surface area contributed by atoms with Crippen LogP contribution in [0.2, 0.25) is 0 Å². The zero-order valence-electron chi connectivity index (χ0n) is 12.9. The van der Waals surface area contributed by atoms with Crippen LogP contribution < -0.4 is 10.6 Å². The molecule has 0 aliphatic rings. The van der Waals surface area contributed by atoms with Crippen molar-refractivity contribution < 1.29 is 19.5 Å². The predicted octanol–water partition coefficient (Wildman–Crippen LogP) is 0.153. The molecule has 2 heterocycles. The van der Waals surface area contributed by atoms with E-state index in [1.165, 1.54) is 11.3 Å². The molecule has 2 aromatic heterocycles. The molecule has 0 fully saturated rings. The van der Waals surface area contributed by atoms with Crippen molar-refractivity contribution in [3.8, 4) is 0 Å². The van der Waals surface area contributed by atoms with Gasteiger partial charge >= 0.3 is 5.97 Å². The molecule has 0 aromatic carbocycles. The Morgan fingerprint density at radius 2 is 1.91 bits per heavy atom. The summed E-state index contributed by atoms with van der Waals surface area (Å²) in [5, 5.41) is 21.3. The maximum Gasteiger partial charge on any atom is 0.322 e. The lowest BCUT2D eigenvalue weighted by Gasteiger charge is -2.05. The Labute approximate surface area is 135 Å². The maximum atomic E-state index is 12.2. The molecule has 0 saturated carbocycles. The lowest BCUT2D eigenvalue weighted by Crippen LogP contribution is -2.39. The second kappa shape index (κ2) is 6.73. The van der Waals surface area contributed by atoms with Crippen molar-refractivity contribution in [1.82, 2.24) is 25.2 Å². The van der Waals surface area contributed by atoms with Crippen LogP contribution in [0.25, 0.3) is 4.96 Å². The summed E-state index contributed by atoms with van der Waals surface area (Å²) in [5.41, 5.74) is 0.710. The van der Waals surface area contributed by atoms with Crippen molar-refractivity contribution in [1.29, 1.82) is 0 Å². The van der Waals surface area contributed by atoms with Gasteiger partial charge in [0.15, 0.2) is 0 Å². The Kier molecular flexibility index (Phi) is 4.94. The zero-order valence-corrected chi connectivity index (χ0v) is 13.7. The first-order chi connectivity index (χ1) is 10.8. The highest BCUT2D eigenvalue weighted by molar-refractivity contribution is 7.19. The number of hydrogen-bond donors (Lipinski definition) is 3. The van der Waals surface area contributed by atoms with Crippen molar-refractivity contribution >= 4 is 34.1 Å². The van der Waals surface area contributed by atoms with Gasteiger partial charge < -0.3 is 15.7 Å². The first kappa shape index (κ1) is 16.9. The number of carboxylic acids is 1. The van der Waals surface area contributed by atoms with Gasteiger partial charge in [-0.05, 0) is 6.92 Å². The highest BCUT2D eigenvalue weighted by Gasteiger charge is 2.21. The number of fused-ring (bicyclic) bond motifs is 1. The van der Waals surface area contributed by atoms with Gasteiger partial charge in [-0.2, -0.15) is 0 Å². The van der Waals surface area contributed by atoms with Crippen molar-refractivity contribution in [3.05, 3.63) is 16.4 Å². The number of aromatic nitrogens is 3. The van der Waals surface area contributed by atoms with E-state index in [1.54, 1.807) is 6.92 Å². The molecule has 2 rings (SSSR count). The van der Waals surface area contributed by atoms with Crippen LogP contribution in [-0.4, -0.2) is 50.6 Å². The lowest BCUT2D eigenvalue weighted by molar-refractivity contribution is -0.137. The normalized spacial score (nSPS) is 11.0. The van der Waals surface area contributed by atoms with E-state index in [9.17, 15) is 14.4 Å². The molecule has 0 spiro atoms. The molecule has 9 nitrogen and oxygen atoms in total. The average molecular weight is 339 g/mol. The molecule has 0 aliphatic heterocycles. The fourth-order valence-electron chi connectivity index (χ4n) is 1.99. The van der Waals surface area contributed by atoms with Crippen LogP contribution in [0, 0.1) is 6.92 Å². The van der Waals surface area contributed by atoms with Gasteiger partial charge in [-0.25, -0.2) is 0 Å². The Bertz CT molecular complexity index is 764. The summed E-state index contributed by atoms with van der Waals surface area (Å²) in [6, 6.07) is 0. The average Bonchev–Trinajstić information content (AvgIpc) is 3.03. The van der Waals surface area contributed by atoms with Gasteiger partial charge in [-0.3, -0.25) is 18.8 Å². The fraction of sp³-hybridized carbons (Fsp3) is 0.462. The molecule has 0 unspecified atom stereocenters. The second-order valence-electron chi connectivity index (χ2n) is 5.20. The third-order valence-corrected chi connectivity index (χ3v) is 4.22. The summed E-state index contributed by atoms with van der Waals surface area (Å²) in [6.07, 6.45) is 0. The fourth-order valence-corrected chi connectivity index (χ4v) is 2.98. The topological polar surface area (TPSA) is 126 Å². The maximum absolute atomic E-state index is 12.2. The van der Waals surface area contributed by atoms with Crippen LogP contribution >= 0.6 is 11.3 Å². The number of carbonyl (C=O) groups is 3. The predicted molar refractivity (Wildman–Crippen MR) is 82.7 cm³/mol. The Balaban J connectivity index is 2.08. The number of thiazole rings is 1. The third kappa shape index (κ3) is 3.65. The highest BCUT2D eigenvalue weighted by atomic mass is 32.1. The minimum Gasteiger partial charge on any atom is -0.480 e. The van der Waals surface area contributed by atoms with E-state index in [2.05, 4.69) is 20.8 Å². The summed E-state index contributed by atoms with van der Waals surface area (Å²) in [6.45, 7) is 4.99. The number of carboxylic acid groups (broad SMARTS) is 1. The van der Waals surface area contributed by atoms with Crippen molar-refractivity contribution in [3.63, 3.8) is 0 Å². The molecule has 0 radical (unpaired) electrons. The summed E-state index contributed by atoms with van der Waals surface area (Å²) in [7, 11) is 0. The molecule has 0 bridgehead atoms. The van der Waals surface area contributed by atoms with Crippen molar-refractivity contribution in [2.45, 2.75) is 26.7 Å². The molecule has 23 heavy (non-hydrogen) atoms. The quantitative estimate of drug-likeness (QED) is 0.688. The molecule has 2 amide bonds.